The molecule has 1 aliphatic carbocycles. The zero-order valence-corrected chi connectivity index (χ0v) is 12.9. The summed E-state index contributed by atoms with van der Waals surface area (Å²) in [5.41, 5.74) is 0.799. The van der Waals surface area contributed by atoms with E-state index < -0.39 is 10.0 Å². The number of halogens is 1. The average Bonchev–Trinajstić information content (AvgIpc) is 3.22. The Bertz CT molecular complexity index is 559. The molecule has 0 spiro atoms. The lowest BCUT2D eigenvalue weighted by molar-refractivity contribution is 0.204. The molecule has 1 saturated carbocycles. The highest BCUT2D eigenvalue weighted by molar-refractivity contribution is 7.89. The largest absolute Gasteiger partial charge is 0.383 e. The van der Waals surface area contributed by atoms with Gasteiger partial charge >= 0.3 is 0 Å². The van der Waals surface area contributed by atoms with Crippen molar-refractivity contribution < 1.29 is 13.2 Å². The van der Waals surface area contributed by atoms with Gasteiger partial charge in [-0.3, -0.25) is 0 Å². The molecule has 0 unspecified atom stereocenters. The number of benzene rings is 1. The van der Waals surface area contributed by atoms with Crippen LogP contribution < -0.4 is 10.0 Å². The van der Waals surface area contributed by atoms with Gasteiger partial charge in [-0.15, -0.1) is 0 Å². The Labute approximate surface area is 124 Å². The predicted molar refractivity (Wildman–Crippen MR) is 78.4 cm³/mol. The Balaban J connectivity index is 2.08. The van der Waals surface area contributed by atoms with Crippen molar-refractivity contribution in [2.75, 3.05) is 20.3 Å². The van der Waals surface area contributed by atoms with Crippen LogP contribution in [0.15, 0.2) is 23.1 Å². The van der Waals surface area contributed by atoms with E-state index in [4.69, 9.17) is 16.3 Å². The van der Waals surface area contributed by atoms with Gasteiger partial charge in [0.05, 0.1) is 11.5 Å². The number of sulfonamides is 1. The Morgan fingerprint density at radius 1 is 1.40 bits per heavy atom. The van der Waals surface area contributed by atoms with Gasteiger partial charge in [-0.05, 0) is 36.6 Å². The van der Waals surface area contributed by atoms with E-state index >= 15 is 0 Å². The Morgan fingerprint density at radius 2 is 2.15 bits per heavy atom. The first kappa shape index (κ1) is 15.7. The Morgan fingerprint density at radius 3 is 2.80 bits per heavy atom. The first-order valence-electron chi connectivity index (χ1n) is 6.53. The van der Waals surface area contributed by atoms with Crippen molar-refractivity contribution >= 4 is 21.6 Å². The summed E-state index contributed by atoms with van der Waals surface area (Å²) in [5.74, 6) is 0. The molecule has 112 valence electrons. The van der Waals surface area contributed by atoms with Crippen molar-refractivity contribution in [2.45, 2.75) is 30.3 Å². The second-order valence-corrected chi connectivity index (χ2v) is 6.97. The third-order valence-corrected chi connectivity index (χ3v) is 4.91. The second-order valence-electron chi connectivity index (χ2n) is 4.80. The van der Waals surface area contributed by atoms with Gasteiger partial charge in [-0.2, -0.15) is 0 Å². The van der Waals surface area contributed by atoms with Crippen LogP contribution in [0.4, 0.5) is 0 Å². The smallest absolute Gasteiger partial charge is 0.240 e. The van der Waals surface area contributed by atoms with Crippen molar-refractivity contribution in [2.24, 2.45) is 0 Å². The molecule has 5 nitrogen and oxygen atoms in total. The molecule has 0 heterocycles. The van der Waals surface area contributed by atoms with Crippen LogP contribution in [-0.2, 0) is 21.3 Å². The maximum Gasteiger partial charge on any atom is 0.240 e. The van der Waals surface area contributed by atoms with E-state index in [1.54, 1.807) is 12.1 Å². The fourth-order valence-electron chi connectivity index (χ4n) is 1.76. The molecule has 0 bridgehead atoms. The molecular weight excluding hydrogens is 300 g/mol. The van der Waals surface area contributed by atoms with Crippen LogP contribution in [0.5, 0.6) is 0 Å². The van der Waals surface area contributed by atoms with Gasteiger partial charge in [0.25, 0.3) is 0 Å². The van der Waals surface area contributed by atoms with Gasteiger partial charge in [0, 0.05) is 31.3 Å². The van der Waals surface area contributed by atoms with E-state index in [0.29, 0.717) is 24.2 Å². The lowest BCUT2D eigenvalue weighted by Gasteiger charge is -2.10. The SMILES string of the molecule is COCCNS(=O)(=O)c1ccc(Cl)c(CNC2CC2)c1. The zero-order valence-electron chi connectivity index (χ0n) is 11.4. The molecule has 1 aromatic carbocycles. The standard InChI is InChI=1S/C13H19ClN2O3S/c1-19-7-6-16-20(17,18)12-4-5-13(14)10(8-12)9-15-11-2-3-11/h4-5,8,11,15-16H,2-3,6-7,9H2,1H3. The summed E-state index contributed by atoms with van der Waals surface area (Å²) in [4.78, 5) is 0.227. The molecule has 0 aliphatic heterocycles. The third-order valence-electron chi connectivity index (χ3n) is 3.08. The molecule has 2 rings (SSSR count). The molecule has 1 fully saturated rings. The van der Waals surface area contributed by atoms with E-state index in [1.165, 1.54) is 26.0 Å². The van der Waals surface area contributed by atoms with Gasteiger partial charge in [-0.1, -0.05) is 11.6 Å². The molecule has 0 radical (unpaired) electrons. The van der Waals surface area contributed by atoms with Crippen LogP contribution in [0.3, 0.4) is 0 Å². The van der Waals surface area contributed by atoms with Crippen molar-refractivity contribution in [3.63, 3.8) is 0 Å². The van der Waals surface area contributed by atoms with E-state index in [2.05, 4.69) is 10.0 Å². The minimum absolute atomic E-state index is 0.227. The van der Waals surface area contributed by atoms with Crippen LogP contribution >= 0.6 is 11.6 Å². The molecule has 0 saturated heterocycles. The highest BCUT2D eigenvalue weighted by Gasteiger charge is 2.21. The summed E-state index contributed by atoms with van der Waals surface area (Å²) in [7, 11) is -1.99. The Hall–Kier alpha value is -0.660. The lowest BCUT2D eigenvalue weighted by Crippen LogP contribution is -2.27. The molecule has 1 aromatic rings. The Kier molecular flexibility index (Phi) is 5.40. The molecule has 2 N–H and O–H groups in total. The monoisotopic (exact) mass is 318 g/mol. The van der Waals surface area contributed by atoms with Crippen LogP contribution in [0.25, 0.3) is 0 Å². The molecule has 0 atom stereocenters. The van der Waals surface area contributed by atoms with E-state index in [1.807, 2.05) is 0 Å². The van der Waals surface area contributed by atoms with Gasteiger partial charge in [0.15, 0.2) is 0 Å². The molecule has 0 amide bonds. The molecule has 1 aliphatic rings. The van der Waals surface area contributed by atoms with Gasteiger partial charge in [-0.25, -0.2) is 13.1 Å². The number of nitrogens with one attached hydrogen (secondary N) is 2. The van der Waals surface area contributed by atoms with Crippen LogP contribution in [-0.4, -0.2) is 34.7 Å². The first-order chi connectivity index (χ1) is 9.53. The maximum absolute atomic E-state index is 12.1. The van der Waals surface area contributed by atoms with Gasteiger partial charge in [0.1, 0.15) is 0 Å². The summed E-state index contributed by atoms with van der Waals surface area (Å²) < 4.78 is 31.5. The van der Waals surface area contributed by atoms with E-state index in [-0.39, 0.29) is 11.4 Å². The fraction of sp³-hybridized carbons (Fsp3) is 0.538. The van der Waals surface area contributed by atoms with Crippen molar-refractivity contribution in [3.05, 3.63) is 28.8 Å². The molecule has 7 heteroatoms. The lowest BCUT2D eigenvalue weighted by atomic mass is 10.2. The van der Waals surface area contributed by atoms with E-state index in [9.17, 15) is 8.42 Å². The quantitative estimate of drug-likeness (QED) is 0.713. The summed E-state index contributed by atoms with van der Waals surface area (Å²) >= 11 is 6.10. The summed E-state index contributed by atoms with van der Waals surface area (Å²) in [6.45, 7) is 1.17. The van der Waals surface area contributed by atoms with Gasteiger partial charge in [0.2, 0.25) is 10.0 Å². The van der Waals surface area contributed by atoms with Crippen LogP contribution in [0, 0.1) is 0 Å². The third kappa shape index (κ3) is 4.43. The minimum atomic E-state index is -3.51. The number of hydrogen-bond donors (Lipinski definition) is 2. The fourth-order valence-corrected chi connectivity index (χ4v) is 3.00. The number of hydrogen-bond acceptors (Lipinski definition) is 4. The number of ether oxygens (including phenoxy) is 1. The topological polar surface area (TPSA) is 67.4 Å². The normalized spacial score (nSPS) is 15.5. The molecule has 20 heavy (non-hydrogen) atoms. The predicted octanol–water partition coefficient (Wildman–Crippen LogP) is 1.52. The zero-order chi connectivity index (χ0) is 14.6. The van der Waals surface area contributed by atoms with E-state index in [0.717, 1.165) is 5.56 Å². The second kappa shape index (κ2) is 6.87. The van der Waals surface area contributed by atoms with Crippen molar-refractivity contribution in [3.8, 4) is 0 Å². The maximum atomic E-state index is 12.1. The van der Waals surface area contributed by atoms with Crippen LogP contribution in [0.1, 0.15) is 18.4 Å². The number of methoxy groups -OCH3 is 1. The molecular formula is C13H19ClN2O3S. The summed E-state index contributed by atoms with van der Waals surface area (Å²) in [6, 6.07) is 5.30. The van der Waals surface area contributed by atoms with Gasteiger partial charge < -0.3 is 10.1 Å². The highest BCUT2D eigenvalue weighted by Crippen LogP contribution is 2.23. The van der Waals surface area contributed by atoms with Crippen molar-refractivity contribution in [1.29, 1.82) is 0 Å². The first-order valence-corrected chi connectivity index (χ1v) is 8.39. The van der Waals surface area contributed by atoms with Crippen molar-refractivity contribution in [1.82, 2.24) is 10.0 Å². The molecule has 0 aromatic heterocycles. The summed E-state index contributed by atoms with van der Waals surface area (Å²) in [6.07, 6.45) is 2.35. The highest BCUT2D eigenvalue weighted by atomic mass is 35.5. The van der Waals surface area contributed by atoms with Crippen LogP contribution in [0.2, 0.25) is 5.02 Å². The number of rotatable bonds is 8. The minimum Gasteiger partial charge on any atom is -0.383 e. The summed E-state index contributed by atoms with van der Waals surface area (Å²) in [5, 5.41) is 3.90. The average molecular weight is 319 g/mol.